The van der Waals surface area contributed by atoms with Crippen LogP contribution in [-0.4, -0.2) is 25.3 Å². The van der Waals surface area contributed by atoms with Crippen LogP contribution < -0.4 is 0 Å². The Morgan fingerprint density at radius 1 is 1.08 bits per heavy atom. The van der Waals surface area contributed by atoms with Crippen molar-refractivity contribution in [1.29, 1.82) is 0 Å². The number of hydrogen-bond donors (Lipinski definition) is 0. The summed E-state index contributed by atoms with van der Waals surface area (Å²) in [5.41, 5.74) is 0. The van der Waals surface area contributed by atoms with Gasteiger partial charge >= 0.3 is 0 Å². The summed E-state index contributed by atoms with van der Waals surface area (Å²) in [4.78, 5) is 20.5. The fourth-order valence-electron chi connectivity index (χ4n) is 1.57. The quantitative estimate of drug-likeness (QED) is 0.605. The van der Waals surface area contributed by atoms with Gasteiger partial charge in [-0.2, -0.15) is 9.81 Å². The Morgan fingerprint density at radius 3 is 1.92 bits per heavy atom. The Labute approximate surface area is 70.4 Å². The number of nitrogens with zero attached hydrogens (tertiary/aromatic N) is 2. The molecule has 0 N–H and O–H groups in total. The van der Waals surface area contributed by atoms with E-state index < -0.39 is 0 Å². The Balaban J connectivity index is 2.51. The average molecular weight is 172 g/mol. The molecule has 0 aromatic carbocycles. The summed E-state index contributed by atoms with van der Waals surface area (Å²) in [6.07, 6.45) is 1.68. The molecule has 0 heterocycles. The van der Waals surface area contributed by atoms with Crippen molar-refractivity contribution in [3.8, 4) is 0 Å². The summed E-state index contributed by atoms with van der Waals surface area (Å²) in [7, 11) is 1.57. The molecule has 0 aromatic rings. The molecular weight excluding hydrogens is 160 g/mol. The first kappa shape index (κ1) is 9.25. The molecule has 0 aromatic heterocycles. The van der Waals surface area contributed by atoms with Crippen LogP contribution in [0.4, 0.5) is 0 Å². The number of ether oxygens (including phenoxy) is 1. The molecule has 68 valence electrons. The topological polar surface area (TPSA) is 68.1 Å². The van der Waals surface area contributed by atoms with E-state index in [0.717, 1.165) is 0 Å². The molecule has 1 saturated carbocycles. The highest BCUT2D eigenvalue weighted by atomic mass is 16.5. The molecule has 1 rings (SSSR count). The van der Waals surface area contributed by atoms with Crippen molar-refractivity contribution in [2.45, 2.75) is 37.5 Å². The lowest BCUT2D eigenvalue weighted by Gasteiger charge is -2.26. The van der Waals surface area contributed by atoms with Gasteiger partial charge in [-0.3, -0.25) is 0 Å². The highest BCUT2D eigenvalue weighted by Gasteiger charge is 2.30. The van der Waals surface area contributed by atoms with Crippen LogP contribution in [0.1, 0.15) is 19.3 Å². The average Bonchev–Trinajstić information content (AvgIpc) is 2.16. The molecule has 0 spiro atoms. The first-order chi connectivity index (χ1) is 5.80. The fraction of sp³-hybridized carbons (Fsp3) is 1.00. The van der Waals surface area contributed by atoms with Crippen molar-refractivity contribution in [3.63, 3.8) is 0 Å². The molecule has 5 nitrogen and oxygen atoms in total. The molecule has 5 heteroatoms. The smallest absolute Gasteiger partial charge is 0.0966 e. The van der Waals surface area contributed by atoms with Crippen LogP contribution in [0.2, 0.25) is 0 Å². The van der Waals surface area contributed by atoms with Gasteiger partial charge in [0.25, 0.3) is 0 Å². The van der Waals surface area contributed by atoms with E-state index in [9.17, 15) is 9.81 Å². The van der Waals surface area contributed by atoms with E-state index in [2.05, 4.69) is 10.4 Å². The number of nitroso groups, excluding NO2 is 2. The van der Waals surface area contributed by atoms with Crippen molar-refractivity contribution in [1.82, 2.24) is 0 Å². The molecule has 0 bridgehead atoms. The van der Waals surface area contributed by atoms with Crippen molar-refractivity contribution in [3.05, 3.63) is 9.81 Å². The Kier molecular flexibility index (Phi) is 3.28. The van der Waals surface area contributed by atoms with E-state index in [-0.39, 0.29) is 18.2 Å². The standard InChI is InChI=1S/C7H12N2O3/c1-12-7-3-5(8-10)2-6(4-7)9-11/h5-7H,2-4H2,1H3. The molecule has 2 atom stereocenters. The number of methoxy groups -OCH3 is 1. The van der Waals surface area contributed by atoms with E-state index in [1.54, 1.807) is 7.11 Å². The molecule has 0 radical (unpaired) electrons. The molecule has 0 saturated heterocycles. The van der Waals surface area contributed by atoms with E-state index >= 15 is 0 Å². The van der Waals surface area contributed by atoms with Crippen molar-refractivity contribution in [2.75, 3.05) is 7.11 Å². The lowest BCUT2D eigenvalue weighted by Crippen LogP contribution is -2.31. The maximum absolute atomic E-state index is 10.2. The van der Waals surface area contributed by atoms with Gasteiger partial charge in [-0.1, -0.05) is 10.4 Å². The molecule has 1 aliphatic carbocycles. The van der Waals surface area contributed by atoms with Gasteiger partial charge in [-0.25, -0.2) is 0 Å². The third-order valence-electron chi connectivity index (χ3n) is 2.25. The zero-order valence-corrected chi connectivity index (χ0v) is 6.97. The summed E-state index contributed by atoms with van der Waals surface area (Å²) in [5.74, 6) is 0. The van der Waals surface area contributed by atoms with Gasteiger partial charge in [0, 0.05) is 7.11 Å². The van der Waals surface area contributed by atoms with E-state index in [1.165, 1.54) is 0 Å². The first-order valence-corrected chi connectivity index (χ1v) is 3.97. The maximum Gasteiger partial charge on any atom is 0.0966 e. The third-order valence-corrected chi connectivity index (χ3v) is 2.25. The minimum Gasteiger partial charge on any atom is -0.381 e. The summed E-state index contributed by atoms with van der Waals surface area (Å²) in [5, 5.41) is 5.83. The molecule has 0 amide bonds. The largest absolute Gasteiger partial charge is 0.381 e. The van der Waals surface area contributed by atoms with Gasteiger partial charge in [0.05, 0.1) is 18.2 Å². The van der Waals surface area contributed by atoms with E-state index in [1.807, 2.05) is 0 Å². The summed E-state index contributed by atoms with van der Waals surface area (Å²) in [6.45, 7) is 0. The van der Waals surface area contributed by atoms with Gasteiger partial charge < -0.3 is 4.74 Å². The van der Waals surface area contributed by atoms with Crippen LogP contribution in [0.15, 0.2) is 10.4 Å². The first-order valence-electron chi connectivity index (χ1n) is 3.97. The predicted molar refractivity (Wildman–Crippen MR) is 43.8 cm³/mol. The molecule has 2 unspecified atom stereocenters. The fourth-order valence-corrected chi connectivity index (χ4v) is 1.57. The Bertz CT molecular complexity index is 158. The normalized spacial score (nSPS) is 35.9. The minimum atomic E-state index is -0.300. The predicted octanol–water partition coefficient (Wildman–Crippen LogP) is 1.46. The van der Waals surface area contributed by atoms with Crippen molar-refractivity contribution >= 4 is 0 Å². The summed E-state index contributed by atoms with van der Waals surface area (Å²) >= 11 is 0. The summed E-state index contributed by atoms with van der Waals surface area (Å²) in [6, 6.07) is -0.599. The Hall–Kier alpha value is -0.840. The van der Waals surface area contributed by atoms with Crippen LogP contribution in [0.5, 0.6) is 0 Å². The molecule has 12 heavy (non-hydrogen) atoms. The minimum absolute atomic E-state index is 0.0378. The van der Waals surface area contributed by atoms with Gasteiger partial charge in [0.15, 0.2) is 0 Å². The zero-order chi connectivity index (χ0) is 8.97. The van der Waals surface area contributed by atoms with Crippen LogP contribution in [0.25, 0.3) is 0 Å². The van der Waals surface area contributed by atoms with Gasteiger partial charge in [-0.05, 0) is 19.3 Å². The van der Waals surface area contributed by atoms with Crippen LogP contribution in [0.3, 0.4) is 0 Å². The second-order valence-electron chi connectivity index (χ2n) is 3.08. The number of rotatable bonds is 3. The van der Waals surface area contributed by atoms with Gasteiger partial charge in [-0.15, -0.1) is 0 Å². The van der Waals surface area contributed by atoms with Gasteiger partial charge in [0.2, 0.25) is 0 Å². The molecule has 1 aliphatic rings. The number of hydrogen-bond acceptors (Lipinski definition) is 5. The molecular formula is C7H12N2O3. The van der Waals surface area contributed by atoms with Crippen LogP contribution in [0, 0.1) is 9.81 Å². The zero-order valence-electron chi connectivity index (χ0n) is 6.97. The third kappa shape index (κ3) is 2.07. The molecule has 1 fully saturated rings. The van der Waals surface area contributed by atoms with E-state index in [4.69, 9.17) is 4.74 Å². The maximum atomic E-state index is 10.2. The van der Waals surface area contributed by atoms with E-state index in [0.29, 0.717) is 19.3 Å². The molecule has 0 aliphatic heterocycles. The van der Waals surface area contributed by atoms with Gasteiger partial charge in [0.1, 0.15) is 0 Å². The monoisotopic (exact) mass is 172 g/mol. The van der Waals surface area contributed by atoms with Crippen LogP contribution >= 0.6 is 0 Å². The van der Waals surface area contributed by atoms with Crippen molar-refractivity contribution in [2.24, 2.45) is 10.4 Å². The van der Waals surface area contributed by atoms with Crippen molar-refractivity contribution < 1.29 is 4.74 Å². The second kappa shape index (κ2) is 4.25. The lowest BCUT2D eigenvalue weighted by atomic mass is 9.90. The highest BCUT2D eigenvalue weighted by molar-refractivity contribution is 4.86. The Morgan fingerprint density at radius 2 is 1.58 bits per heavy atom. The second-order valence-corrected chi connectivity index (χ2v) is 3.08. The summed E-state index contributed by atoms with van der Waals surface area (Å²) < 4.78 is 5.06. The highest BCUT2D eigenvalue weighted by Crippen LogP contribution is 2.25. The SMILES string of the molecule is COC1CC(N=O)CC(N=O)C1. The van der Waals surface area contributed by atoms with Crippen LogP contribution in [-0.2, 0) is 4.74 Å². The lowest BCUT2D eigenvalue weighted by molar-refractivity contribution is 0.0578.